The van der Waals surface area contributed by atoms with Gasteiger partial charge in [-0.3, -0.25) is 9.59 Å². The summed E-state index contributed by atoms with van der Waals surface area (Å²) in [7, 11) is 0. The number of halogens is 1. The van der Waals surface area contributed by atoms with Crippen LogP contribution in [0.15, 0.2) is 34.1 Å². The van der Waals surface area contributed by atoms with Crippen molar-refractivity contribution in [3.05, 3.63) is 44.7 Å². The molecule has 94 valence electrons. The maximum atomic E-state index is 12.4. The fraction of sp³-hybridized carbons (Fsp3) is 0.231. The molecule has 2 rings (SSSR count). The molecule has 0 bridgehead atoms. The van der Waals surface area contributed by atoms with Gasteiger partial charge in [0.25, 0.3) is 0 Å². The van der Waals surface area contributed by atoms with Gasteiger partial charge < -0.3 is 0 Å². The van der Waals surface area contributed by atoms with Gasteiger partial charge in [0.05, 0.1) is 14.8 Å². The average molecular weight is 299 g/mol. The zero-order valence-electron chi connectivity index (χ0n) is 9.73. The Morgan fingerprint density at radius 1 is 1.17 bits per heavy atom. The fourth-order valence-corrected chi connectivity index (χ4v) is 4.48. The minimum atomic E-state index is -0.273. The molecule has 1 fully saturated rings. The van der Waals surface area contributed by atoms with Gasteiger partial charge in [-0.1, -0.05) is 23.7 Å². The second kappa shape index (κ2) is 5.95. The van der Waals surface area contributed by atoms with Crippen molar-refractivity contribution in [1.29, 1.82) is 0 Å². The van der Waals surface area contributed by atoms with Crippen molar-refractivity contribution in [2.75, 3.05) is 11.5 Å². The van der Waals surface area contributed by atoms with Gasteiger partial charge in [0.1, 0.15) is 0 Å². The maximum Gasteiger partial charge on any atom is 0.199 e. The van der Waals surface area contributed by atoms with Gasteiger partial charge in [-0.25, -0.2) is 0 Å². The third kappa shape index (κ3) is 2.82. The maximum absolute atomic E-state index is 12.4. The molecule has 0 saturated carbocycles. The zero-order chi connectivity index (χ0) is 13.1. The Labute approximate surface area is 119 Å². The number of carbonyl (C=O) groups excluding carboxylic acids is 2. The molecule has 1 heterocycles. The Bertz CT molecular complexity index is 530. The highest BCUT2D eigenvalue weighted by atomic mass is 35.5. The monoisotopic (exact) mass is 298 g/mol. The lowest BCUT2D eigenvalue weighted by atomic mass is 10.0. The number of hydrogen-bond donors (Lipinski definition) is 0. The molecule has 0 aliphatic carbocycles. The Morgan fingerprint density at radius 2 is 1.78 bits per heavy atom. The van der Waals surface area contributed by atoms with Crippen molar-refractivity contribution in [3.63, 3.8) is 0 Å². The number of Topliss-reactive ketones (excluding diaryl/α,β-unsaturated/α-hetero) is 2. The molecule has 0 unspecified atom stereocenters. The second-order valence-electron chi connectivity index (χ2n) is 3.72. The highest BCUT2D eigenvalue weighted by Crippen LogP contribution is 2.40. The van der Waals surface area contributed by atoms with Crippen LogP contribution in [0.1, 0.15) is 17.3 Å². The molecule has 2 nitrogen and oxygen atoms in total. The van der Waals surface area contributed by atoms with Crippen molar-refractivity contribution in [3.8, 4) is 0 Å². The summed E-state index contributed by atoms with van der Waals surface area (Å²) < 4.78 is 0.826. The average Bonchev–Trinajstić information content (AvgIpc) is 2.82. The lowest BCUT2D eigenvalue weighted by Crippen LogP contribution is -2.12. The summed E-state index contributed by atoms with van der Waals surface area (Å²) in [5.74, 6) is 1.40. The van der Waals surface area contributed by atoms with Crippen molar-refractivity contribution in [2.45, 2.75) is 6.92 Å². The van der Waals surface area contributed by atoms with Crippen molar-refractivity contribution >= 4 is 46.7 Å². The quantitative estimate of drug-likeness (QED) is 0.368. The lowest BCUT2D eigenvalue weighted by Gasteiger charge is -2.07. The zero-order valence-corrected chi connectivity index (χ0v) is 12.1. The van der Waals surface area contributed by atoms with E-state index in [1.54, 1.807) is 47.8 Å². The van der Waals surface area contributed by atoms with E-state index >= 15 is 0 Å². The molecule has 0 spiro atoms. The SMILES string of the molecule is CC(=O)C(C(=O)c1ccccc1Cl)=C1SCCS1. The number of rotatable bonds is 3. The van der Waals surface area contributed by atoms with E-state index in [-0.39, 0.29) is 17.1 Å². The van der Waals surface area contributed by atoms with Crippen molar-refractivity contribution in [1.82, 2.24) is 0 Å². The molecule has 0 aromatic heterocycles. The molecule has 5 heteroatoms. The summed E-state index contributed by atoms with van der Waals surface area (Å²) in [6, 6.07) is 6.82. The van der Waals surface area contributed by atoms with Gasteiger partial charge in [-0.2, -0.15) is 0 Å². The molecule has 0 amide bonds. The number of carbonyl (C=O) groups is 2. The van der Waals surface area contributed by atoms with E-state index in [0.29, 0.717) is 10.6 Å². The minimum absolute atomic E-state index is 0.197. The number of benzene rings is 1. The molecule has 1 aromatic rings. The van der Waals surface area contributed by atoms with Crippen molar-refractivity contribution in [2.24, 2.45) is 0 Å². The van der Waals surface area contributed by atoms with Gasteiger partial charge >= 0.3 is 0 Å². The summed E-state index contributed by atoms with van der Waals surface area (Å²) in [5.41, 5.74) is 0.667. The normalized spacial score (nSPS) is 14.7. The first-order valence-electron chi connectivity index (χ1n) is 5.41. The second-order valence-corrected chi connectivity index (χ2v) is 6.60. The first-order valence-corrected chi connectivity index (χ1v) is 7.76. The molecular weight excluding hydrogens is 288 g/mol. The Balaban J connectivity index is 2.45. The molecule has 1 saturated heterocycles. The predicted octanol–water partition coefficient (Wildman–Crippen LogP) is 3.80. The molecular formula is C13H11ClO2S2. The van der Waals surface area contributed by atoms with Gasteiger partial charge in [0.2, 0.25) is 0 Å². The predicted molar refractivity (Wildman–Crippen MR) is 78.4 cm³/mol. The van der Waals surface area contributed by atoms with Crippen LogP contribution in [0.2, 0.25) is 5.02 Å². The van der Waals surface area contributed by atoms with E-state index in [4.69, 9.17) is 11.6 Å². The van der Waals surface area contributed by atoms with Gasteiger partial charge in [-0.15, -0.1) is 23.5 Å². The lowest BCUT2D eigenvalue weighted by molar-refractivity contribution is -0.113. The van der Waals surface area contributed by atoms with Crippen LogP contribution in [0, 0.1) is 0 Å². The molecule has 1 aliphatic rings. The Hall–Kier alpha value is -0.710. The smallest absolute Gasteiger partial charge is 0.199 e. The standard InChI is InChI=1S/C13H11ClO2S2/c1-8(15)11(13-17-6-7-18-13)12(16)9-4-2-3-5-10(9)14/h2-5H,6-7H2,1H3. The molecule has 0 radical (unpaired) electrons. The van der Waals surface area contributed by atoms with E-state index in [0.717, 1.165) is 15.7 Å². The van der Waals surface area contributed by atoms with E-state index in [2.05, 4.69) is 0 Å². The Morgan fingerprint density at radius 3 is 2.33 bits per heavy atom. The summed E-state index contributed by atoms with van der Waals surface area (Å²) in [5, 5.41) is 0.384. The summed E-state index contributed by atoms with van der Waals surface area (Å²) in [6.07, 6.45) is 0. The molecule has 1 aliphatic heterocycles. The molecule has 0 atom stereocenters. The highest BCUT2D eigenvalue weighted by Gasteiger charge is 2.25. The van der Waals surface area contributed by atoms with Gasteiger partial charge in [0.15, 0.2) is 11.6 Å². The van der Waals surface area contributed by atoms with Crippen LogP contribution in [-0.2, 0) is 4.79 Å². The minimum Gasteiger partial charge on any atom is -0.294 e. The van der Waals surface area contributed by atoms with Crippen LogP contribution in [0.5, 0.6) is 0 Å². The van der Waals surface area contributed by atoms with E-state index in [1.165, 1.54) is 6.92 Å². The van der Waals surface area contributed by atoms with E-state index in [1.807, 2.05) is 0 Å². The third-order valence-electron chi connectivity index (χ3n) is 2.45. The first kappa shape index (κ1) is 13.7. The topological polar surface area (TPSA) is 34.1 Å². The third-order valence-corrected chi connectivity index (χ3v) is 5.50. The molecule has 1 aromatic carbocycles. The van der Waals surface area contributed by atoms with Crippen LogP contribution in [0.3, 0.4) is 0 Å². The van der Waals surface area contributed by atoms with Crippen LogP contribution in [0.25, 0.3) is 0 Å². The fourth-order valence-electron chi connectivity index (χ4n) is 1.63. The number of hydrogen-bond acceptors (Lipinski definition) is 4. The summed E-state index contributed by atoms with van der Waals surface area (Å²) in [4.78, 5) is 24.1. The Kier molecular flexibility index (Phi) is 4.54. The van der Waals surface area contributed by atoms with Crippen LogP contribution in [0.4, 0.5) is 0 Å². The first-order chi connectivity index (χ1) is 8.61. The highest BCUT2D eigenvalue weighted by molar-refractivity contribution is 8.25. The van der Waals surface area contributed by atoms with Crippen LogP contribution < -0.4 is 0 Å². The van der Waals surface area contributed by atoms with Crippen LogP contribution >= 0.6 is 35.1 Å². The van der Waals surface area contributed by atoms with Gasteiger partial charge in [-0.05, 0) is 19.1 Å². The number of thioether (sulfide) groups is 2. The molecule has 0 N–H and O–H groups in total. The largest absolute Gasteiger partial charge is 0.294 e. The van der Waals surface area contributed by atoms with Crippen molar-refractivity contribution < 1.29 is 9.59 Å². The summed E-state index contributed by atoms with van der Waals surface area (Å²) in [6.45, 7) is 1.43. The molecule has 18 heavy (non-hydrogen) atoms. The van der Waals surface area contributed by atoms with Gasteiger partial charge in [0, 0.05) is 17.1 Å². The van der Waals surface area contributed by atoms with E-state index in [9.17, 15) is 9.59 Å². The number of ketones is 2. The van der Waals surface area contributed by atoms with E-state index < -0.39 is 0 Å². The number of allylic oxidation sites excluding steroid dienone is 1. The van der Waals surface area contributed by atoms with Crippen LogP contribution in [-0.4, -0.2) is 23.1 Å². The summed E-state index contributed by atoms with van der Waals surface area (Å²) >= 11 is 9.14.